The molecule has 1 aliphatic carbocycles. The topological polar surface area (TPSA) is 32.3 Å². The molecule has 0 bridgehead atoms. The average Bonchev–Trinajstić information content (AvgIpc) is 2.04. The molecule has 0 aromatic rings. The van der Waals surface area contributed by atoms with Crippen LogP contribution in [0.5, 0.6) is 0 Å². The van der Waals surface area contributed by atoms with Crippen molar-refractivity contribution in [3.8, 4) is 0 Å². The summed E-state index contributed by atoms with van der Waals surface area (Å²) in [5.41, 5.74) is -0.248. The fourth-order valence-electron chi connectivity index (χ4n) is 2.41. The lowest BCUT2D eigenvalue weighted by molar-refractivity contribution is -0.0552. The molecule has 1 saturated heterocycles. The van der Waals surface area contributed by atoms with Gasteiger partial charge in [0.05, 0.1) is 5.60 Å². The largest absolute Gasteiger partial charge is 0.390 e. The Balaban J connectivity index is 1.77. The van der Waals surface area contributed by atoms with Crippen LogP contribution in [0.3, 0.4) is 0 Å². The van der Waals surface area contributed by atoms with Crippen molar-refractivity contribution in [2.24, 2.45) is 5.92 Å². The van der Waals surface area contributed by atoms with Crippen LogP contribution >= 0.6 is 0 Å². The maximum absolute atomic E-state index is 9.94. The van der Waals surface area contributed by atoms with Crippen molar-refractivity contribution < 1.29 is 5.11 Å². The van der Waals surface area contributed by atoms with E-state index in [0.29, 0.717) is 0 Å². The monoisotopic (exact) mass is 169 g/mol. The summed E-state index contributed by atoms with van der Waals surface area (Å²) in [5.74, 6) is 0.788. The van der Waals surface area contributed by atoms with Crippen molar-refractivity contribution in [2.45, 2.75) is 44.1 Å². The van der Waals surface area contributed by atoms with Crippen molar-refractivity contribution in [1.29, 1.82) is 0 Å². The molecule has 2 fully saturated rings. The summed E-state index contributed by atoms with van der Waals surface area (Å²) in [4.78, 5) is 0. The highest BCUT2D eigenvalue weighted by Gasteiger charge is 2.36. The standard InChI is InChI=1S/C10H19NO/c12-10(4-1-5-10)8-9-2-6-11-7-3-9/h9,11-12H,1-8H2. The van der Waals surface area contributed by atoms with Gasteiger partial charge in [-0.2, -0.15) is 0 Å². The zero-order valence-electron chi connectivity index (χ0n) is 7.68. The molecule has 1 aliphatic heterocycles. The van der Waals surface area contributed by atoms with Gasteiger partial charge in [-0.25, -0.2) is 0 Å². The highest BCUT2D eigenvalue weighted by Crippen LogP contribution is 2.38. The first-order valence-electron chi connectivity index (χ1n) is 5.22. The molecule has 2 rings (SSSR count). The maximum Gasteiger partial charge on any atom is 0.0650 e. The van der Waals surface area contributed by atoms with Crippen LogP contribution in [0.2, 0.25) is 0 Å². The molecule has 0 atom stereocenters. The van der Waals surface area contributed by atoms with Crippen LogP contribution in [-0.4, -0.2) is 23.8 Å². The van der Waals surface area contributed by atoms with Gasteiger partial charge in [-0.05, 0) is 57.5 Å². The lowest BCUT2D eigenvalue weighted by Gasteiger charge is -2.40. The summed E-state index contributed by atoms with van der Waals surface area (Å²) in [6, 6.07) is 0. The van der Waals surface area contributed by atoms with E-state index in [0.717, 1.165) is 38.3 Å². The molecule has 1 heterocycles. The molecule has 0 aromatic carbocycles. The molecular formula is C10H19NO. The first-order chi connectivity index (χ1) is 5.79. The van der Waals surface area contributed by atoms with Gasteiger partial charge in [-0.1, -0.05) is 0 Å². The minimum Gasteiger partial charge on any atom is -0.390 e. The van der Waals surface area contributed by atoms with Crippen LogP contribution in [0.25, 0.3) is 0 Å². The molecule has 2 N–H and O–H groups in total. The van der Waals surface area contributed by atoms with Gasteiger partial charge in [0.2, 0.25) is 0 Å². The van der Waals surface area contributed by atoms with Crippen LogP contribution < -0.4 is 5.32 Å². The van der Waals surface area contributed by atoms with E-state index in [1.165, 1.54) is 19.3 Å². The maximum atomic E-state index is 9.94. The fraction of sp³-hybridized carbons (Fsp3) is 1.00. The van der Waals surface area contributed by atoms with Crippen LogP contribution in [0.4, 0.5) is 0 Å². The molecule has 0 radical (unpaired) electrons. The summed E-state index contributed by atoms with van der Waals surface area (Å²) in [6.07, 6.45) is 6.94. The molecular weight excluding hydrogens is 150 g/mol. The van der Waals surface area contributed by atoms with Crippen LogP contribution in [-0.2, 0) is 0 Å². The third-order valence-electron chi connectivity index (χ3n) is 3.41. The number of hydrogen-bond acceptors (Lipinski definition) is 2. The molecule has 2 heteroatoms. The van der Waals surface area contributed by atoms with Crippen molar-refractivity contribution in [1.82, 2.24) is 5.32 Å². The van der Waals surface area contributed by atoms with Gasteiger partial charge in [0, 0.05) is 0 Å². The lowest BCUT2D eigenvalue weighted by Crippen LogP contribution is -2.41. The van der Waals surface area contributed by atoms with Gasteiger partial charge >= 0.3 is 0 Å². The predicted molar refractivity (Wildman–Crippen MR) is 49.0 cm³/mol. The van der Waals surface area contributed by atoms with E-state index in [9.17, 15) is 5.11 Å². The summed E-state index contributed by atoms with van der Waals surface area (Å²) in [7, 11) is 0. The summed E-state index contributed by atoms with van der Waals surface area (Å²) in [5, 5.41) is 13.3. The molecule has 0 amide bonds. The normalized spacial score (nSPS) is 29.8. The van der Waals surface area contributed by atoms with E-state index in [-0.39, 0.29) is 5.60 Å². The van der Waals surface area contributed by atoms with Gasteiger partial charge < -0.3 is 10.4 Å². The molecule has 70 valence electrons. The number of aliphatic hydroxyl groups is 1. The van der Waals surface area contributed by atoms with Crippen LogP contribution in [0.1, 0.15) is 38.5 Å². The second kappa shape index (κ2) is 3.35. The van der Waals surface area contributed by atoms with E-state index >= 15 is 0 Å². The Kier molecular flexibility index (Phi) is 2.37. The minimum absolute atomic E-state index is 0.248. The molecule has 0 spiro atoms. The molecule has 12 heavy (non-hydrogen) atoms. The molecule has 0 unspecified atom stereocenters. The summed E-state index contributed by atoms with van der Waals surface area (Å²) < 4.78 is 0. The quantitative estimate of drug-likeness (QED) is 0.653. The van der Waals surface area contributed by atoms with Gasteiger partial charge in [0.15, 0.2) is 0 Å². The van der Waals surface area contributed by atoms with Crippen molar-refractivity contribution in [2.75, 3.05) is 13.1 Å². The third-order valence-corrected chi connectivity index (χ3v) is 3.41. The van der Waals surface area contributed by atoms with Gasteiger partial charge in [0.1, 0.15) is 0 Å². The first-order valence-corrected chi connectivity index (χ1v) is 5.22. The molecule has 2 aliphatic rings. The molecule has 1 saturated carbocycles. The number of hydrogen-bond donors (Lipinski definition) is 2. The average molecular weight is 169 g/mol. The number of nitrogens with one attached hydrogen (secondary N) is 1. The first kappa shape index (κ1) is 8.52. The van der Waals surface area contributed by atoms with E-state index in [1.54, 1.807) is 0 Å². The van der Waals surface area contributed by atoms with Gasteiger partial charge in [0.25, 0.3) is 0 Å². The van der Waals surface area contributed by atoms with Crippen molar-refractivity contribution >= 4 is 0 Å². The Morgan fingerprint density at radius 2 is 1.92 bits per heavy atom. The van der Waals surface area contributed by atoms with Crippen LogP contribution in [0, 0.1) is 5.92 Å². The number of rotatable bonds is 2. The Labute approximate surface area is 74.4 Å². The predicted octanol–water partition coefficient (Wildman–Crippen LogP) is 1.29. The SMILES string of the molecule is OC1(CC2CCNCC2)CCC1. The zero-order valence-corrected chi connectivity index (χ0v) is 7.68. The zero-order chi connectivity index (χ0) is 8.44. The highest BCUT2D eigenvalue weighted by molar-refractivity contribution is 4.90. The van der Waals surface area contributed by atoms with Crippen molar-refractivity contribution in [3.63, 3.8) is 0 Å². The lowest BCUT2D eigenvalue weighted by atomic mass is 9.73. The Hall–Kier alpha value is -0.0800. The minimum atomic E-state index is -0.248. The Morgan fingerprint density at radius 1 is 1.25 bits per heavy atom. The highest BCUT2D eigenvalue weighted by atomic mass is 16.3. The smallest absolute Gasteiger partial charge is 0.0650 e. The Morgan fingerprint density at radius 3 is 2.42 bits per heavy atom. The van der Waals surface area contributed by atoms with E-state index in [2.05, 4.69) is 5.32 Å². The second-order valence-electron chi connectivity index (χ2n) is 4.48. The number of piperidine rings is 1. The third kappa shape index (κ3) is 1.80. The fourth-order valence-corrected chi connectivity index (χ4v) is 2.41. The Bertz CT molecular complexity index is 148. The van der Waals surface area contributed by atoms with E-state index in [1.807, 2.05) is 0 Å². The van der Waals surface area contributed by atoms with Crippen molar-refractivity contribution in [3.05, 3.63) is 0 Å². The van der Waals surface area contributed by atoms with Gasteiger partial charge in [-0.15, -0.1) is 0 Å². The molecule has 2 nitrogen and oxygen atoms in total. The molecule has 0 aromatic heterocycles. The van der Waals surface area contributed by atoms with Crippen LogP contribution in [0.15, 0.2) is 0 Å². The van der Waals surface area contributed by atoms with E-state index < -0.39 is 0 Å². The van der Waals surface area contributed by atoms with Gasteiger partial charge in [-0.3, -0.25) is 0 Å². The summed E-state index contributed by atoms with van der Waals surface area (Å²) in [6.45, 7) is 2.31. The second-order valence-corrected chi connectivity index (χ2v) is 4.48. The van der Waals surface area contributed by atoms with E-state index in [4.69, 9.17) is 0 Å². The summed E-state index contributed by atoms with van der Waals surface area (Å²) >= 11 is 0.